The standard InChI is InChI=1S/C18H27NO/c1-3-15-9-11-16(12-10-15)13-14-18(20)19(4-2)17-7-5-6-8-17/h9-12,17H,3-8,13-14H2,1-2H3. The summed E-state index contributed by atoms with van der Waals surface area (Å²) in [5, 5.41) is 0. The number of carbonyl (C=O) groups excluding carboxylic acids is 1. The summed E-state index contributed by atoms with van der Waals surface area (Å²) in [6.07, 6.45) is 7.56. The number of benzene rings is 1. The SMILES string of the molecule is CCc1ccc(CCC(=O)N(CC)C2CCCC2)cc1. The van der Waals surface area contributed by atoms with E-state index in [1.165, 1.54) is 36.8 Å². The van der Waals surface area contributed by atoms with Crippen molar-refractivity contribution in [1.82, 2.24) is 4.90 Å². The second kappa shape index (κ2) is 7.47. The minimum Gasteiger partial charge on any atom is -0.340 e. The second-order valence-electron chi connectivity index (χ2n) is 5.79. The van der Waals surface area contributed by atoms with Crippen LogP contribution in [0.3, 0.4) is 0 Å². The molecule has 0 N–H and O–H groups in total. The van der Waals surface area contributed by atoms with Gasteiger partial charge in [-0.1, -0.05) is 44.0 Å². The van der Waals surface area contributed by atoms with E-state index in [-0.39, 0.29) is 0 Å². The van der Waals surface area contributed by atoms with Crippen LogP contribution >= 0.6 is 0 Å². The highest BCUT2D eigenvalue weighted by Crippen LogP contribution is 2.24. The molecule has 0 atom stereocenters. The van der Waals surface area contributed by atoms with Crippen molar-refractivity contribution in [2.24, 2.45) is 0 Å². The van der Waals surface area contributed by atoms with Gasteiger partial charge in [0, 0.05) is 19.0 Å². The van der Waals surface area contributed by atoms with Gasteiger partial charge in [-0.3, -0.25) is 4.79 Å². The summed E-state index contributed by atoms with van der Waals surface area (Å²) in [5.41, 5.74) is 2.64. The first-order valence-corrected chi connectivity index (χ1v) is 8.11. The van der Waals surface area contributed by atoms with Crippen molar-refractivity contribution in [1.29, 1.82) is 0 Å². The Hall–Kier alpha value is -1.31. The third kappa shape index (κ3) is 3.84. The van der Waals surface area contributed by atoms with Crippen molar-refractivity contribution in [2.75, 3.05) is 6.54 Å². The van der Waals surface area contributed by atoms with Crippen molar-refractivity contribution in [3.05, 3.63) is 35.4 Å². The number of hydrogen-bond acceptors (Lipinski definition) is 1. The van der Waals surface area contributed by atoms with E-state index in [1.807, 2.05) is 0 Å². The third-order valence-corrected chi connectivity index (χ3v) is 4.49. The van der Waals surface area contributed by atoms with E-state index in [1.54, 1.807) is 0 Å². The summed E-state index contributed by atoms with van der Waals surface area (Å²) in [7, 11) is 0. The van der Waals surface area contributed by atoms with Crippen LogP contribution in [-0.2, 0) is 17.6 Å². The van der Waals surface area contributed by atoms with Crippen LogP contribution < -0.4 is 0 Å². The van der Waals surface area contributed by atoms with Crippen molar-refractivity contribution < 1.29 is 4.79 Å². The van der Waals surface area contributed by atoms with Crippen LogP contribution in [-0.4, -0.2) is 23.4 Å². The molecular weight excluding hydrogens is 246 g/mol. The first kappa shape index (κ1) is 15.1. The fraction of sp³-hybridized carbons (Fsp3) is 0.611. The summed E-state index contributed by atoms with van der Waals surface area (Å²) < 4.78 is 0. The number of amides is 1. The number of aryl methyl sites for hydroxylation is 2. The Bertz CT molecular complexity index is 418. The largest absolute Gasteiger partial charge is 0.340 e. The molecule has 1 amide bonds. The molecule has 0 aromatic heterocycles. The molecule has 110 valence electrons. The quantitative estimate of drug-likeness (QED) is 0.768. The van der Waals surface area contributed by atoms with Gasteiger partial charge in [0.05, 0.1) is 0 Å². The van der Waals surface area contributed by atoms with E-state index in [0.29, 0.717) is 18.4 Å². The highest BCUT2D eigenvalue weighted by atomic mass is 16.2. The average molecular weight is 273 g/mol. The monoisotopic (exact) mass is 273 g/mol. The molecule has 2 heteroatoms. The fourth-order valence-corrected chi connectivity index (χ4v) is 3.19. The fourth-order valence-electron chi connectivity index (χ4n) is 3.19. The van der Waals surface area contributed by atoms with Crippen molar-refractivity contribution in [3.63, 3.8) is 0 Å². The zero-order valence-electron chi connectivity index (χ0n) is 12.9. The van der Waals surface area contributed by atoms with Gasteiger partial charge in [-0.05, 0) is 43.7 Å². The van der Waals surface area contributed by atoms with E-state index < -0.39 is 0 Å². The van der Waals surface area contributed by atoms with Gasteiger partial charge in [0.15, 0.2) is 0 Å². The van der Waals surface area contributed by atoms with Gasteiger partial charge in [-0.2, -0.15) is 0 Å². The molecule has 1 aliphatic carbocycles. The first-order chi connectivity index (χ1) is 9.74. The lowest BCUT2D eigenvalue weighted by atomic mass is 10.1. The predicted octanol–water partition coefficient (Wildman–Crippen LogP) is 3.97. The van der Waals surface area contributed by atoms with Crippen LogP contribution in [0.1, 0.15) is 57.1 Å². The molecule has 1 fully saturated rings. The van der Waals surface area contributed by atoms with E-state index in [4.69, 9.17) is 0 Å². The summed E-state index contributed by atoms with van der Waals surface area (Å²) in [4.78, 5) is 14.5. The molecule has 1 aromatic rings. The highest BCUT2D eigenvalue weighted by Gasteiger charge is 2.24. The smallest absolute Gasteiger partial charge is 0.223 e. The Morgan fingerprint density at radius 3 is 2.25 bits per heavy atom. The van der Waals surface area contributed by atoms with Crippen LogP contribution in [0.2, 0.25) is 0 Å². The van der Waals surface area contributed by atoms with Gasteiger partial charge in [0.2, 0.25) is 5.91 Å². The Labute approximate surface area is 123 Å². The minimum atomic E-state index is 0.332. The van der Waals surface area contributed by atoms with Crippen LogP contribution in [0.25, 0.3) is 0 Å². The molecule has 2 rings (SSSR count). The van der Waals surface area contributed by atoms with Crippen LogP contribution in [0, 0.1) is 0 Å². The molecule has 0 unspecified atom stereocenters. The first-order valence-electron chi connectivity index (χ1n) is 8.11. The maximum Gasteiger partial charge on any atom is 0.223 e. The molecular formula is C18H27NO. The summed E-state index contributed by atoms with van der Waals surface area (Å²) in [6.45, 7) is 5.13. The molecule has 2 nitrogen and oxygen atoms in total. The maximum absolute atomic E-state index is 12.4. The second-order valence-corrected chi connectivity index (χ2v) is 5.79. The van der Waals surface area contributed by atoms with Gasteiger partial charge in [-0.15, -0.1) is 0 Å². The molecule has 0 saturated heterocycles. The molecule has 0 bridgehead atoms. The maximum atomic E-state index is 12.4. The molecule has 0 aliphatic heterocycles. The topological polar surface area (TPSA) is 20.3 Å². The lowest BCUT2D eigenvalue weighted by Gasteiger charge is -2.27. The van der Waals surface area contributed by atoms with Crippen LogP contribution in [0.4, 0.5) is 0 Å². The van der Waals surface area contributed by atoms with Crippen molar-refractivity contribution in [3.8, 4) is 0 Å². The van der Waals surface area contributed by atoms with Crippen LogP contribution in [0.5, 0.6) is 0 Å². The molecule has 0 radical (unpaired) electrons. The molecule has 0 spiro atoms. The summed E-state index contributed by atoms with van der Waals surface area (Å²) in [5.74, 6) is 0.332. The predicted molar refractivity (Wildman–Crippen MR) is 83.8 cm³/mol. The molecule has 1 aromatic carbocycles. The Morgan fingerprint density at radius 1 is 1.10 bits per heavy atom. The summed E-state index contributed by atoms with van der Waals surface area (Å²) in [6, 6.07) is 9.19. The Morgan fingerprint density at radius 2 is 1.70 bits per heavy atom. The van der Waals surface area contributed by atoms with Gasteiger partial charge in [0.25, 0.3) is 0 Å². The van der Waals surface area contributed by atoms with Gasteiger partial charge in [-0.25, -0.2) is 0 Å². The number of hydrogen-bond donors (Lipinski definition) is 0. The van der Waals surface area contributed by atoms with Crippen molar-refractivity contribution in [2.45, 2.75) is 64.8 Å². The normalized spacial score (nSPS) is 15.5. The van der Waals surface area contributed by atoms with Gasteiger partial charge in [0.1, 0.15) is 0 Å². The molecule has 0 heterocycles. The Kier molecular flexibility index (Phi) is 5.63. The van der Waals surface area contributed by atoms with E-state index in [9.17, 15) is 4.79 Å². The minimum absolute atomic E-state index is 0.332. The van der Waals surface area contributed by atoms with Crippen molar-refractivity contribution >= 4 is 5.91 Å². The average Bonchev–Trinajstić information content (AvgIpc) is 3.00. The lowest BCUT2D eigenvalue weighted by molar-refractivity contribution is -0.133. The van der Waals surface area contributed by atoms with Crippen LogP contribution in [0.15, 0.2) is 24.3 Å². The zero-order valence-corrected chi connectivity index (χ0v) is 12.9. The number of carbonyl (C=O) groups is 1. The zero-order chi connectivity index (χ0) is 14.4. The van der Waals surface area contributed by atoms with E-state index >= 15 is 0 Å². The van der Waals surface area contributed by atoms with Gasteiger partial charge >= 0.3 is 0 Å². The van der Waals surface area contributed by atoms with E-state index in [2.05, 4.69) is 43.0 Å². The number of rotatable bonds is 6. The Balaban J connectivity index is 1.86. The third-order valence-electron chi connectivity index (χ3n) is 4.49. The summed E-state index contributed by atoms with van der Waals surface area (Å²) >= 11 is 0. The molecule has 1 saturated carbocycles. The van der Waals surface area contributed by atoms with E-state index in [0.717, 1.165) is 19.4 Å². The lowest BCUT2D eigenvalue weighted by Crippen LogP contribution is -2.38. The molecule has 1 aliphatic rings. The highest BCUT2D eigenvalue weighted by molar-refractivity contribution is 5.76. The van der Waals surface area contributed by atoms with Gasteiger partial charge < -0.3 is 4.90 Å². The molecule has 20 heavy (non-hydrogen) atoms. The number of nitrogens with zero attached hydrogens (tertiary/aromatic N) is 1.